The average Bonchev–Trinajstić information content (AvgIpc) is 2.15. The summed E-state index contributed by atoms with van der Waals surface area (Å²) in [6.45, 7) is 6.75. The van der Waals surface area contributed by atoms with Crippen molar-refractivity contribution in [1.29, 1.82) is 0 Å². The van der Waals surface area contributed by atoms with Gasteiger partial charge in [0.1, 0.15) is 0 Å². The molecule has 1 rings (SSSR count). The molecule has 0 N–H and O–H groups in total. The molecule has 0 aliphatic rings. The lowest BCUT2D eigenvalue weighted by Crippen LogP contribution is -2.11. The Bertz CT molecular complexity index is 288. The topological polar surface area (TPSA) is 0 Å². The summed E-state index contributed by atoms with van der Waals surface area (Å²) in [4.78, 5) is 0. The molecule has 0 unspecified atom stereocenters. The first-order chi connectivity index (χ1) is 6.47. The van der Waals surface area contributed by atoms with Gasteiger partial charge in [0.15, 0.2) is 0 Å². The molecule has 1 aromatic carbocycles. The van der Waals surface area contributed by atoms with E-state index >= 15 is 0 Å². The summed E-state index contributed by atoms with van der Waals surface area (Å²) >= 11 is 7.01. The Morgan fingerprint density at radius 3 is 1.64 bits per heavy atom. The molecule has 2 heteroatoms. The van der Waals surface area contributed by atoms with Crippen LogP contribution < -0.4 is 0 Å². The predicted molar refractivity (Wildman–Crippen MR) is 70.4 cm³/mol. The molecule has 0 amide bonds. The number of hydrogen-bond acceptors (Lipinski definition) is 0. The monoisotopic (exact) mass is 318 g/mol. The molecular weight excluding hydrogens is 304 g/mol. The van der Waals surface area contributed by atoms with Crippen LogP contribution in [0.5, 0.6) is 0 Å². The summed E-state index contributed by atoms with van der Waals surface area (Å²) in [5.41, 5.74) is 4.34. The summed E-state index contributed by atoms with van der Waals surface area (Å²) in [7, 11) is 0. The van der Waals surface area contributed by atoms with Gasteiger partial charge in [0, 0.05) is 10.7 Å². The maximum atomic E-state index is 3.51. The van der Waals surface area contributed by atoms with E-state index in [9.17, 15) is 0 Å². The van der Waals surface area contributed by atoms with Crippen molar-refractivity contribution in [1.82, 2.24) is 0 Å². The molecule has 0 saturated heterocycles. The highest BCUT2D eigenvalue weighted by Gasteiger charge is 2.14. The molecule has 0 heterocycles. The van der Waals surface area contributed by atoms with Crippen LogP contribution in [0.15, 0.2) is 18.2 Å². The van der Waals surface area contributed by atoms with Crippen molar-refractivity contribution in [3.63, 3.8) is 0 Å². The molecule has 78 valence electrons. The van der Waals surface area contributed by atoms with E-state index in [1.165, 1.54) is 16.7 Å². The Kier molecular flexibility index (Phi) is 4.20. The van der Waals surface area contributed by atoms with Crippen LogP contribution in [-0.2, 0) is 16.1 Å². The van der Waals surface area contributed by atoms with Gasteiger partial charge < -0.3 is 0 Å². The first kappa shape index (κ1) is 12.3. The zero-order chi connectivity index (χ0) is 10.8. The summed E-state index contributed by atoms with van der Waals surface area (Å²) in [6, 6.07) is 6.79. The van der Waals surface area contributed by atoms with E-state index in [1.807, 2.05) is 0 Å². The molecule has 0 radical (unpaired) electrons. The largest absolute Gasteiger partial charge is 0.0876 e. The molecular formula is C12H16Br2. The fourth-order valence-electron chi connectivity index (χ4n) is 1.35. The van der Waals surface area contributed by atoms with Crippen molar-refractivity contribution in [3.8, 4) is 0 Å². The van der Waals surface area contributed by atoms with Crippen LogP contribution >= 0.6 is 31.9 Å². The minimum Gasteiger partial charge on any atom is -0.0876 e. The zero-order valence-corrected chi connectivity index (χ0v) is 12.1. The predicted octanol–water partition coefficient (Wildman–Crippen LogP) is 4.77. The van der Waals surface area contributed by atoms with Gasteiger partial charge in [-0.3, -0.25) is 0 Å². The van der Waals surface area contributed by atoms with Gasteiger partial charge >= 0.3 is 0 Å². The number of hydrogen-bond donors (Lipinski definition) is 0. The van der Waals surface area contributed by atoms with E-state index in [2.05, 4.69) is 70.8 Å². The lowest BCUT2D eigenvalue weighted by atomic mass is 9.85. The molecule has 0 aromatic heterocycles. The van der Waals surface area contributed by atoms with E-state index in [0.29, 0.717) is 0 Å². The molecule has 0 atom stereocenters. The average molecular weight is 320 g/mol. The van der Waals surface area contributed by atoms with E-state index in [0.717, 1.165) is 10.7 Å². The van der Waals surface area contributed by atoms with E-state index in [-0.39, 0.29) is 5.41 Å². The van der Waals surface area contributed by atoms with Crippen LogP contribution in [0.25, 0.3) is 0 Å². The third-order valence-corrected chi connectivity index (χ3v) is 3.52. The van der Waals surface area contributed by atoms with Gasteiger partial charge in [-0.25, -0.2) is 0 Å². The fraction of sp³-hybridized carbons (Fsp3) is 0.500. The lowest BCUT2D eigenvalue weighted by Gasteiger charge is -2.20. The summed E-state index contributed by atoms with van der Waals surface area (Å²) in [5, 5.41) is 1.86. The second kappa shape index (κ2) is 4.80. The molecule has 1 aromatic rings. The second-order valence-electron chi connectivity index (χ2n) is 4.56. The normalized spacial score (nSPS) is 11.8. The minimum atomic E-state index is 0.231. The quantitative estimate of drug-likeness (QED) is 0.688. The minimum absolute atomic E-state index is 0.231. The van der Waals surface area contributed by atoms with Gasteiger partial charge in [-0.15, -0.1) is 0 Å². The number of rotatable bonds is 2. The van der Waals surface area contributed by atoms with Crippen molar-refractivity contribution < 1.29 is 0 Å². The van der Waals surface area contributed by atoms with Crippen LogP contribution in [0.3, 0.4) is 0 Å². The highest BCUT2D eigenvalue weighted by atomic mass is 79.9. The molecule has 0 aliphatic carbocycles. The van der Waals surface area contributed by atoms with Crippen LogP contribution in [-0.4, -0.2) is 0 Å². The molecule has 14 heavy (non-hydrogen) atoms. The van der Waals surface area contributed by atoms with E-state index in [1.54, 1.807) is 0 Å². The van der Waals surface area contributed by atoms with Crippen molar-refractivity contribution in [2.45, 2.75) is 36.8 Å². The van der Waals surface area contributed by atoms with Crippen LogP contribution in [0.2, 0.25) is 0 Å². The van der Waals surface area contributed by atoms with Crippen molar-refractivity contribution in [2.75, 3.05) is 0 Å². The van der Waals surface area contributed by atoms with Gasteiger partial charge in [-0.05, 0) is 22.1 Å². The standard InChI is InChI=1S/C12H16Br2/c1-12(2,3)11-5-9(7-13)4-10(6-11)8-14/h4-6H,7-8H2,1-3H3. The molecule has 0 bridgehead atoms. The van der Waals surface area contributed by atoms with E-state index < -0.39 is 0 Å². The second-order valence-corrected chi connectivity index (χ2v) is 5.68. The lowest BCUT2D eigenvalue weighted by molar-refractivity contribution is 0.589. The number of halogens is 2. The maximum absolute atomic E-state index is 3.51. The Labute approximate surface area is 103 Å². The molecule has 0 saturated carbocycles. The smallest absolute Gasteiger partial charge is 0.0283 e. The summed E-state index contributed by atoms with van der Waals surface area (Å²) in [6.07, 6.45) is 0. The Morgan fingerprint density at radius 2 is 1.36 bits per heavy atom. The number of benzene rings is 1. The van der Waals surface area contributed by atoms with Crippen LogP contribution in [0, 0.1) is 0 Å². The molecule has 0 spiro atoms. The third kappa shape index (κ3) is 3.09. The fourth-order valence-corrected chi connectivity index (χ4v) is 2.00. The van der Waals surface area contributed by atoms with Gasteiger partial charge in [0.2, 0.25) is 0 Å². The van der Waals surface area contributed by atoms with Gasteiger partial charge in [0.05, 0.1) is 0 Å². The van der Waals surface area contributed by atoms with Crippen molar-refractivity contribution in [2.24, 2.45) is 0 Å². The first-order valence-electron chi connectivity index (χ1n) is 4.72. The van der Waals surface area contributed by atoms with Gasteiger partial charge in [-0.2, -0.15) is 0 Å². The molecule has 0 aliphatic heterocycles. The Balaban J connectivity index is 3.17. The molecule has 0 fully saturated rings. The maximum Gasteiger partial charge on any atom is 0.0283 e. The number of alkyl halides is 2. The van der Waals surface area contributed by atoms with Crippen molar-refractivity contribution in [3.05, 3.63) is 34.9 Å². The Morgan fingerprint density at radius 1 is 0.929 bits per heavy atom. The molecule has 0 nitrogen and oxygen atoms in total. The van der Waals surface area contributed by atoms with E-state index in [4.69, 9.17) is 0 Å². The van der Waals surface area contributed by atoms with Crippen LogP contribution in [0.1, 0.15) is 37.5 Å². The third-order valence-electron chi connectivity index (χ3n) is 2.23. The Hall–Kier alpha value is 0.180. The first-order valence-corrected chi connectivity index (χ1v) is 6.97. The SMILES string of the molecule is CC(C)(C)c1cc(CBr)cc(CBr)c1. The van der Waals surface area contributed by atoms with Crippen molar-refractivity contribution >= 4 is 31.9 Å². The van der Waals surface area contributed by atoms with Gasteiger partial charge in [-0.1, -0.05) is 70.8 Å². The van der Waals surface area contributed by atoms with Gasteiger partial charge in [0.25, 0.3) is 0 Å². The highest BCUT2D eigenvalue weighted by molar-refractivity contribution is 9.08. The summed E-state index contributed by atoms with van der Waals surface area (Å²) in [5.74, 6) is 0. The van der Waals surface area contributed by atoms with Crippen LogP contribution in [0.4, 0.5) is 0 Å². The highest BCUT2D eigenvalue weighted by Crippen LogP contribution is 2.26. The summed E-state index contributed by atoms with van der Waals surface area (Å²) < 4.78 is 0. The zero-order valence-electron chi connectivity index (χ0n) is 8.90.